The third-order valence-corrected chi connectivity index (χ3v) is 4.91. The molecule has 1 N–H and O–H groups in total. The average molecular weight is 313 g/mol. The van der Waals surface area contributed by atoms with E-state index in [2.05, 4.69) is 5.32 Å². The van der Waals surface area contributed by atoms with Crippen LogP contribution >= 0.6 is 0 Å². The van der Waals surface area contributed by atoms with Crippen molar-refractivity contribution in [3.63, 3.8) is 0 Å². The first-order chi connectivity index (χ1) is 11.1. The lowest BCUT2D eigenvalue weighted by Crippen LogP contribution is -2.48. The van der Waals surface area contributed by atoms with Crippen LogP contribution in [0.5, 0.6) is 0 Å². The zero-order chi connectivity index (χ0) is 16.6. The van der Waals surface area contributed by atoms with Crippen LogP contribution in [0, 0.1) is 5.92 Å². The molecular weight excluding hydrogens is 292 g/mol. The summed E-state index contributed by atoms with van der Waals surface area (Å²) in [6, 6.07) is 4.79. The Hall–Kier alpha value is -2.30. The molecule has 5 nitrogen and oxygen atoms in total. The number of benzene rings is 1. The van der Waals surface area contributed by atoms with Gasteiger partial charge in [0.05, 0.1) is 12.0 Å². The summed E-state index contributed by atoms with van der Waals surface area (Å²) < 4.78 is 0. The van der Waals surface area contributed by atoms with Gasteiger partial charge in [0, 0.05) is 30.3 Å². The van der Waals surface area contributed by atoms with E-state index in [1.165, 1.54) is 0 Å². The number of carbonyl (C=O) groups excluding carboxylic acids is 2. The van der Waals surface area contributed by atoms with Crippen molar-refractivity contribution in [3.05, 3.63) is 41.5 Å². The molecule has 0 saturated heterocycles. The minimum atomic E-state index is -1.07. The SMILES string of the molecule is CCN(CC)C(=O)c1ccc2c(c1)[C@H]1C=CC[C@H]1[C@H](C(=O)[O-])N2. The fourth-order valence-corrected chi connectivity index (χ4v) is 3.65. The molecule has 1 aliphatic heterocycles. The molecular formula is C18H21N2O3-. The Morgan fingerprint density at radius 2 is 2.04 bits per heavy atom. The maximum Gasteiger partial charge on any atom is 0.253 e. The molecule has 0 bridgehead atoms. The number of fused-ring (bicyclic) bond motifs is 3. The zero-order valence-corrected chi connectivity index (χ0v) is 13.4. The van der Waals surface area contributed by atoms with Gasteiger partial charge in [0.2, 0.25) is 0 Å². The molecule has 1 aliphatic carbocycles. The number of anilines is 1. The van der Waals surface area contributed by atoms with Crippen LogP contribution in [0.4, 0.5) is 5.69 Å². The summed E-state index contributed by atoms with van der Waals surface area (Å²) in [5.41, 5.74) is 2.43. The van der Waals surface area contributed by atoms with E-state index in [4.69, 9.17) is 0 Å². The number of hydrogen-bond acceptors (Lipinski definition) is 4. The highest BCUT2D eigenvalue weighted by Crippen LogP contribution is 2.44. The number of nitrogens with zero attached hydrogens (tertiary/aromatic N) is 1. The van der Waals surface area contributed by atoms with Gasteiger partial charge < -0.3 is 20.1 Å². The van der Waals surface area contributed by atoms with Crippen LogP contribution in [0.1, 0.15) is 42.1 Å². The minimum Gasteiger partial charge on any atom is -0.548 e. The molecule has 0 aromatic heterocycles. The fraction of sp³-hybridized carbons (Fsp3) is 0.444. The predicted molar refractivity (Wildman–Crippen MR) is 86.1 cm³/mol. The van der Waals surface area contributed by atoms with Crippen LogP contribution in [-0.4, -0.2) is 35.9 Å². The lowest BCUT2D eigenvalue weighted by atomic mass is 9.79. The summed E-state index contributed by atoms with van der Waals surface area (Å²) in [7, 11) is 0. The molecule has 0 radical (unpaired) electrons. The molecule has 3 rings (SSSR count). The third kappa shape index (κ3) is 2.60. The standard InChI is InChI=1S/C18H22N2O3/c1-3-20(4-2)17(21)11-8-9-15-14(10-11)12-6-5-7-13(12)16(19-15)18(22)23/h5-6,8-10,12-13,16,19H,3-4,7H2,1-2H3,(H,22,23)/p-1/t12-,13+,16+/m0/s1. The second-order valence-electron chi connectivity index (χ2n) is 6.07. The second kappa shape index (κ2) is 6.07. The lowest BCUT2D eigenvalue weighted by Gasteiger charge is -2.37. The van der Waals surface area contributed by atoms with E-state index in [9.17, 15) is 14.7 Å². The van der Waals surface area contributed by atoms with Crippen molar-refractivity contribution in [3.8, 4) is 0 Å². The Labute approximate surface area is 136 Å². The van der Waals surface area contributed by atoms with Crippen molar-refractivity contribution in [2.24, 2.45) is 5.92 Å². The van der Waals surface area contributed by atoms with Gasteiger partial charge in [0.1, 0.15) is 0 Å². The van der Waals surface area contributed by atoms with Gasteiger partial charge in [-0.1, -0.05) is 12.2 Å². The van der Waals surface area contributed by atoms with Gasteiger partial charge in [-0.05, 0) is 49.9 Å². The molecule has 0 unspecified atom stereocenters. The topological polar surface area (TPSA) is 72.5 Å². The summed E-state index contributed by atoms with van der Waals surface area (Å²) in [6.07, 6.45) is 4.77. The largest absolute Gasteiger partial charge is 0.548 e. The van der Waals surface area contributed by atoms with Gasteiger partial charge in [-0.3, -0.25) is 4.79 Å². The summed E-state index contributed by atoms with van der Waals surface area (Å²) in [5.74, 6) is -1.08. The van der Waals surface area contributed by atoms with Crippen LogP contribution in [0.2, 0.25) is 0 Å². The maximum atomic E-state index is 12.5. The van der Waals surface area contributed by atoms with Crippen molar-refractivity contribution in [2.45, 2.75) is 32.2 Å². The molecule has 2 aliphatic rings. The van der Waals surface area contributed by atoms with Crippen molar-refractivity contribution in [1.29, 1.82) is 0 Å². The quantitative estimate of drug-likeness (QED) is 0.852. The molecule has 5 heteroatoms. The van der Waals surface area contributed by atoms with E-state index in [0.717, 1.165) is 11.3 Å². The van der Waals surface area contributed by atoms with Crippen LogP contribution in [0.25, 0.3) is 0 Å². The molecule has 0 saturated carbocycles. The zero-order valence-electron chi connectivity index (χ0n) is 13.4. The first-order valence-corrected chi connectivity index (χ1v) is 8.14. The number of aliphatic carboxylic acids is 1. The smallest absolute Gasteiger partial charge is 0.253 e. The predicted octanol–water partition coefficient (Wildman–Crippen LogP) is 1.37. The number of nitrogens with one attached hydrogen (secondary N) is 1. The highest BCUT2D eigenvalue weighted by molar-refractivity contribution is 5.95. The lowest BCUT2D eigenvalue weighted by molar-refractivity contribution is -0.308. The second-order valence-corrected chi connectivity index (χ2v) is 6.07. The van der Waals surface area contributed by atoms with Crippen LogP contribution in [0.15, 0.2) is 30.4 Å². The molecule has 1 aromatic rings. The summed E-state index contributed by atoms with van der Waals surface area (Å²) >= 11 is 0. The van der Waals surface area contributed by atoms with Crippen molar-refractivity contribution >= 4 is 17.6 Å². The normalized spacial score (nSPS) is 24.5. The highest BCUT2D eigenvalue weighted by Gasteiger charge is 2.38. The highest BCUT2D eigenvalue weighted by atomic mass is 16.4. The van der Waals surface area contributed by atoms with Gasteiger partial charge >= 0.3 is 0 Å². The summed E-state index contributed by atoms with van der Waals surface area (Å²) in [5, 5.41) is 14.5. The van der Waals surface area contributed by atoms with Crippen molar-refractivity contribution in [2.75, 3.05) is 18.4 Å². The Morgan fingerprint density at radius 1 is 1.30 bits per heavy atom. The van der Waals surface area contributed by atoms with Crippen molar-refractivity contribution < 1.29 is 14.7 Å². The van der Waals surface area contributed by atoms with E-state index >= 15 is 0 Å². The molecule has 1 aromatic carbocycles. The van der Waals surface area contributed by atoms with E-state index in [0.29, 0.717) is 25.1 Å². The Balaban J connectivity index is 1.97. The summed E-state index contributed by atoms with van der Waals surface area (Å²) in [6.45, 7) is 5.26. The molecule has 23 heavy (non-hydrogen) atoms. The molecule has 0 fully saturated rings. The first kappa shape index (κ1) is 15.6. The van der Waals surface area contributed by atoms with Gasteiger partial charge in [0.25, 0.3) is 5.91 Å². The van der Waals surface area contributed by atoms with Crippen molar-refractivity contribution in [1.82, 2.24) is 4.90 Å². The van der Waals surface area contributed by atoms with Gasteiger partial charge in [-0.2, -0.15) is 0 Å². The third-order valence-electron chi connectivity index (χ3n) is 4.91. The molecule has 1 amide bonds. The Kier molecular flexibility index (Phi) is 4.11. The number of carboxylic acid groups (broad SMARTS) is 1. The molecule has 122 valence electrons. The first-order valence-electron chi connectivity index (χ1n) is 8.14. The fourth-order valence-electron chi connectivity index (χ4n) is 3.65. The van der Waals surface area contributed by atoms with Gasteiger partial charge in [-0.25, -0.2) is 0 Å². The summed E-state index contributed by atoms with van der Waals surface area (Å²) in [4.78, 5) is 25.7. The number of carbonyl (C=O) groups is 2. The maximum absolute atomic E-state index is 12.5. The number of rotatable bonds is 4. The van der Waals surface area contributed by atoms with E-state index in [1.54, 1.807) is 11.0 Å². The number of amides is 1. The Morgan fingerprint density at radius 3 is 2.70 bits per heavy atom. The number of hydrogen-bond donors (Lipinski definition) is 1. The van der Waals surface area contributed by atoms with Crippen LogP contribution in [0.3, 0.4) is 0 Å². The van der Waals surface area contributed by atoms with E-state index in [1.807, 2.05) is 38.1 Å². The monoisotopic (exact) mass is 313 g/mol. The molecule has 0 spiro atoms. The van der Waals surface area contributed by atoms with Gasteiger partial charge in [0.15, 0.2) is 0 Å². The minimum absolute atomic E-state index is 0.0124. The number of carboxylic acids is 1. The van der Waals surface area contributed by atoms with E-state index in [-0.39, 0.29) is 17.7 Å². The average Bonchev–Trinajstić information content (AvgIpc) is 3.04. The molecule has 1 heterocycles. The van der Waals surface area contributed by atoms with Gasteiger partial charge in [-0.15, -0.1) is 0 Å². The van der Waals surface area contributed by atoms with Crippen LogP contribution < -0.4 is 10.4 Å². The Bertz CT molecular complexity index is 664. The molecule has 3 atom stereocenters. The van der Waals surface area contributed by atoms with Crippen LogP contribution in [-0.2, 0) is 4.79 Å². The number of allylic oxidation sites excluding steroid dienone is 2. The van der Waals surface area contributed by atoms with E-state index < -0.39 is 12.0 Å².